The first-order chi connectivity index (χ1) is 15.5. The van der Waals surface area contributed by atoms with E-state index in [-0.39, 0.29) is 23.4 Å². The number of carbonyl (C=O) groups is 1. The monoisotopic (exact) mass is 450 g/mol. The summed E-state index contributed by atoms with van der Waals surface area (Å²) in [4.78, 5) is 22.1. The average Bonchev–Trinajstić information content (AvgIpc) is 3.49. The number of fused-ring (bicyclic) bond motifs is 1. The molecule has 0 spiro atoms. The fourth-order valence-corrected chi connectivity index (χ4v) is 5.94. The van der Waals surface area contributed by atoms with Crippen molar-refractivity contribution in [1.82, 2.24) is 29.0 Å². The molecule has 9 nitrogen and oxygen atoms in total. The van der Waals surface area contributed by atoms with Gasteiger partial charge < -0.3 is 9.88 Å². The molecule has 0 bridgehead atoms. The number of sulfonamides is 1. The standard InChI is InChI=1S/C22H22N6O3S/c1-16-15-26(22(29)17-6-3-2-4-7-17)12-13-28(16)32(30,31)19-14-24-20-18(19)8-10-23-21(20)27-11-5-9-25-27/h2-11,14,16,24H,12-13,15H2,1H3/t16-/m1/s1. The molecule has 0 saturated carbocycles. The van der Waals surface area contributed by atoms with E-state index in [1.54, 1.807) is 52.4 Å². The highest BCUT2D eigenvalue weighted by atomic mass is 32.2. The van der Waals surface area contributed by atoms with E-state index < -0.39 is 10.0 Å². The van der Waals surface area contributed by atoms with Crippen LogP contribution in [0, 0.1) is 0 Å². The molecule has 1 N–H and O–H groups in total. The van der Waals surface area contributed by atoms with Gasteiger partial charge in [0, 0.05) is 61.4 Å². The Labute approximate surface area is 185 Å². The number of benzene rings is 1. The topological polar surface area (TPSA) is 104 Å². The predicted molar refractivity (Wildman–Crippen MR) is 119 cm³/mol. The fraction of sp³-hybridized carbons (Fsp3) is 0.227. The lowest BCUT2D eigenvalue weighted by Gasteiger charge is -2.38. The van der Waals surface area contributed by atoms with Gasteiger partial charge in [0.25, 0.3) is 5.91 Å². The Bertz CT molecular complexity index is 1370. The highest BCUT2D eigenvalue weighted by Gasteiger charge is 2.36. The molecule has 10 heteroatoms. The second kappa shape index (κ2) is 7.88. The van der Waals surface area contributed by atoms with Crippen molar-refractivity contribution in [3.63, 3.8) is 0 Å². The molecule has 1 fully saturated rings. The van der Waals surface area contributed by atoms with Crippen LogP contribution in [0.1, 0.15) is 17.3 Å². The Balaban J connectivity index is 1.43. The SMILES string of the molecule is C[C@@H]1CN(C(=O)c2ccccc2)CCN1S(=O)(=O)c1c[nH]c2c(-n3cccn3)nccc12. The molecule has 164 valence electrons. The highest BCUT2D eigenvalue weighted by Crippen LogP contribution is 2.30. The number of nitrogens with zero attached hydrogens (tertiary/aromatic N) is 5. The molecule has 0 radical (unpaired) electrons. The van der Waals surface area contributed by atoms with Crippen molar-refractivity contribution in [2.24, 2.45) is 0 Å². The van der Waals surface area contributed by atoms with Gasteiger partial charge in [0.1, 0.15) is 4.90 Å². The zero-order valence-electron chi connectivity index (χ0n) is 17.4. The molecule has 1 aromatic carbocycles. The molecule has 5 rings (SSSR count). The lowest BCUT2D eigenvalue weighted by molar-refractivity contribution is 0.0642. The molecule has 0 aliphatic carbocycles. The summed E-state index contributed by atoms with van der Waals surface area (Å²) in [7, 11) is -3.79. The van der Waals surface area contributed by atoms with Crippen LogP contribution < -0.4 is 0 Å². The maximum Gasteiger partial charge on any atom is 0.253 e. The van der Waals surface area contributed by atoms with E-state index in [2.05, 4.69) is 15.1 Å². The first-order valence-corrected chi connectivity index (χ1v) is 11.7. The molecule has 1 aliphatic heterocycles. The quantitative estimate of drug-likeness (QED) is 0.514. The predicted octanol–water partition coefficient (Wildman–Crippen LogP) is 2.28. The Morgan fingerprint density at radius 1 is 1.09 bits per heavy atom. The molecule has 4 heterocycles. The summed E-state index contributed by atoms with van der Waals surface area (Å²) in [6.45, 7) is 2.72. The van der Waals surface area contributed by atoms with Crippen LogP contribution in [0.25, 0.3) is 16.7 Å². The fourth-order valence-electron chi connectivity index (χ4n) is 4.17. The van der Waals surface area contributed by atoms with Gasteiger partial charge in [-0.25, -0.2) is 18.1 Å². The number of hydrogen-bond acceptors (Lipinski definition) is 5. The summed E-state index contributed by atoms with van der Waals surface area (Å²) in [5.41, 5.74) is 1.20. The molecule has 0 unspecified atom stereocenters. The summed E-state index contributed by atoms with van der Waals surface area (Å²) < 4.78 is 30.2. The van der Waals surface area contributed by atoms with Crippen LogP contribution in [-0.2, 0) is 10.0 Å². The molecule has 3 aromatic heterocycles. The van der Waals surface area contributed by atoms with Crippen molar-refractivity contribution >= 4 is 26.8 Å². The van der Waals surface area contributed by atoms with Gasteiger partial charge in [0.05, 0.1) is 5.52 Å². The van der Waals surface area contributed by atoms with E-state index in [0.717, 1.165) is 0 Å². The summed E-state index contributed by atoms with van der Waals surface area (Å²) in [5.74, 6) is 0.441. The van der Waals surface area contributed by atoms with Crippen LogP contribution in [0.3, 0.4) is 0 Å². The number of amides is 1. The number of H-pyrrole nitrogens is 1. The number of rotatable bonds is 4. The average molecular weight is 451 g/mol. The number of aromatic amines is 1. The molecule has 1 amide bonds. The van der Waals surface area contributed by atoms with E-state index in [4.69, 9.17) is 0 Å². The molecular weight excluding hydrogens is 428 g/mol. The van der Waals surface area contributed by atoms with Gasteiger partial charge in [-0.2, -0.15) is 9.40 Å². The van der Waals surface area contributed by atoms with Crippen molar-refractivity contribution in [1.29, 1.82) is 0 Å². The van der Waals surface area contributed by atoms with Crippen LogP contribution in [0.2, 0.25) is 0 Å². The minimum atomic E-state index is -3.79. The minimum absolute atomic E-state index is 0.0865. The van der Waals surface area contributed by atoms with Crippen LogP contribution in [0.15, 0.2) is 72.1 Å². The van der Waals surface area contributed by atoms with Crippen molar-refractivity contribution in [3.8, 4) is 5.82 Å². The van der Waals surface area contributed by atoms with Crippen molar-refractivity contribution in [2.75, 3.05) is 19.6 Å². The third-order valence-electron chi connectivity index (χ3n) is 5.73. The molecule has 1 saturated heterocycles. The van der Waals surface area contributed by atoms with Crippen LogP contribution in [-0.4, -0.2) is 69.0 Å². The van der Waals surface area contributed by atoms with E-state index in [0.29, 0.717) is 35.4 Å². The third kappa shape index (κ3) is 3.37. The number of carbonyl (C=O) groups excluding carboxylic acids is 1. The van der Waals surface area contributed by atoms with Gasteiger partial charge in [0.2, 0.25) is 10.0 Å². The molecule has 1 aliphatic rings. The summed E-state index contributed by atoms with van der Waals surface area (Å²) >= 11 is 0. The van der Waals surface area contributed by atoms with E-state index in [9.17, 15) is 13.2 Å². The van der Waals surface area contributed by atoms with Gasteiger partial charge in [-0.05, 0) is 31.2 Å². The molecular formula is C22H22N6O3S. The Morgan fingerprint density at radius 2 is 1.91 bits per heavy atom. The number of piperazine rings is 1. The Hall–Kier alpha value is -3.50. The lowest BCUT2D eigenvalue weighted by atomic mass is 10.1. The first kappa shape index (κ1) is 20.4. The highest BCUT2D eigenvalue weighted by molar-refractivity contribution is 7.89. The Kier molecular flexibility index (Phi) is 5.03. The van der Waals surface area contributed by atoms with Crippen molar-refractivity contribution < 1.29 is 13.2 Å². The first-order valence-electron chi connectivity index (χ1n) is 10.3. The van der Waals surface area contributed by atoms with Crippen molar-refractivity contribution in [3.05, 3.63) is 72.8 Å². The maximum absolute atomic E-state index is 13.6. The van der Waals surface area contributed by atoms with Crippen LogP contribution in [0.5, 0.6) is 0 Å². The number of pyridine rings is 1. The second-order valence-electron chi connectivity index (χ2n) is 7.74. The number of nitrogens with one attached hydrogen (secondary N) is 1. The van der Waals surface area contributed by atoms with E-state index in [1.165, 1.54) is 10.5 Å². The van der Waals surface area contributed by atoms with Gasteiger partial charge in [0.15, 0.2) is 5.82 Å². The van der Waals surface area contributed by atoms with Crippen molar-refractivity contribution in [2.45, 2.75) is 17.9 Å². The summed E-state index contributed by atoms with van der Waals surface area (Å²) in [5, 5.41) is 4.75. The van der Waals surface area contributed by atoms with Gasteiger partial charge in [-0.15, -0.1) is 0 Å². The van der Waals surface area contributed by atoms with Crippen LogP contribution >= 0.6 is 0 Å². The maximum atomic E-state index is 13.6. The van der Waals surface area contributed by atoms with Gasteiger partial charge >= 0.3 is 0 Å². The second-order valence-corrected chi connectivity index (χ2v) is 9.60. The largest absolute Gasteiger partial charge is 0.357 e. The number of hydrogen-bond donors (Lipinski definition) is 1. The zero-order chi connectivity index (χ0) is 22.3. The molecule has 32 heavy (non-hydrogen) atoms. The minimum Gasteiger partial charge on any atom is -0.357 e. The molecule has 1 atom stereocenters. The van der Waals surface area contributed by atoms with Crippen LogP contribution in [0.4, 0.5) is 0 Å². The van der Waals surface area contributed by atoms with E-state index in [1.807, 2.05) is 25.1 Å². The molecule has 4 aromatic rings. The Morgan fingerprint density at radius 3 is 2.62 bits per heavy atom. The number of aromatic nitrogens is 4. The lowest BCUT2D eigenvalue weighted by Crippen LogP contribution is -2.55. The van der Waals surface area contributed by atoms with Gasteiger partial charge in [-0.1, -0.05) is 18.2 Å². The summed E-state index contributed by atoms with van der Waals surface area (Å²) in [6.07, 6.45) is 6.47. The smallest absolute Gasteiger partial charge is 0.253 e. The zero-order valence-corrected chi connectivity index (χ0v) is 18.2. The van der Waals surface area contributed by atoms with E-state index >= 15 is 0 Å². The summed E-state index contributed by atoms with van der Waals surface area (Å²) in [6, 6.07) is 12.1. The normalized spacial score (nSPS) is 17.7. The third-order valence-corrected chi connectivity index (χ3v) is 7.78. The van der Waals surface area contributed by atoms with Gasteiger partial charge in [-0.3, -0.25) is 4.79 Å².